The minimum atomic E-state index is -0.964. The fraction of sp³-hybridized carbons (Fsp3) is 0.308. The van der Waals surface area contributed by atoms with Crippen LogP contribution in [0.1, 0.15) is 36.2 Å². The van der Waals surface area contributed by atoms with Gasteiger partial charge in [0.2, 0.25) is 5.95 Å². The fourth-order valence-electron chi connectivity index (χ4n) is 2.66. The van der Waals surface area contributed by atoms with Crippen LogP contribution in [-0.4, -0.2) is 25.8 Å². The summed E-state index contributed by atoms with van der Waals surface area (Å²) in [4.78, 5) is 15.3. The lowest BCUT2D eigenvalue weighted by molar-refractivity contribution is -0.141. The van der Waals surface area contributed by atoms with Gasteiger partial charge >= 0.3 is 5.97 Å². The smallest absolute Gasteiger partial charge is 0.328 e. The molecule has 0 saturated carbocycles. The van der Waals surface area contributed by atoms with Crippen LogP contribution >= 0.6 is 0 Å². The number of aliphatic carboxylic acids is 1. The molecule has 2 unspecified atom stereocenters. The number of rotatable bonds is 2. The molecule has 0 saturated heterocycles. The standard InChI is InChI=1S/C13H13FN4O2/c14-8-3-1-2-7(6-8)9-4-5-10(12(19)20)18-11(9)16-13(15)17-18/h1-3,6,9-10H,4-5H2,(H2,15,17)(H,19,20). The van der Waals surface area contributed by atoms with Gasteiger partial charge in [-0.1, -0.05) is 12.1 Å². The summed E-state index contributed by atoms with van der Waals surface area (Å²) in [5.41, 5.74) is 6.33. The molecule has 2 aromatic rings. The van der Waals surface area contributed by atoms with Gasteiger partial charge in [0.15, 0.2) is 6.04 Å². The summed E-state index contributed by atoms with van der Waals surface area (Å²) in [5.74, 6) is -0.969. The third-order valence-electron chi connectivity index (χ3n) is 3.55. The van der Waals surface area contributed by atoms with Crippen LogP contribution in [0.4, 0.5) is 10.3 Å². The van der Waals surface area contributed by atoms with E-state index in [0.29, 0.717) is 18.7 Å². The molecule has 1 aliphatic heterocycles. The van der Waals surface area contributed by atoms with E-state index in [2.05, 4.69) is 10.1 Å². The highest BCUT2D eigenvalue weighted by Gasteiger charge is 2.34. The van der Waals surface area contributed by atoms with Crippen molar-refractivity contribution in [2.24, 2.45) is 0 Å². The van der Waals surface area contributed by atoms with E-state index in [1.165, 1.54) is 16.8 Å². The normalized spacial score (nSPS) is 21.4. The van der Waals surface area contributed by atoms with E-state index in [1.807, 2.05) is 0 Å². The number of nitrogen functional groups attached to an aromatic ring is 1. The molecule has 0 bridgehead atoms. The molecule has 2 atom stereocenters. The summed E-state index contributed by atoms with van der Waals surface area (Å²) in [7, 11) is 0. The Morgan fingerprint density at radius 3 is 2.95 bits per heavy atom. The maximum Gasteiger partial charge on any atom is 0.328 e. The number of aromatic nitrogens is 3. The molecule has 104 valence electrons. The lowest BCUT2D eigenvalue weighted by Crippen LogP contribution is -2.28. The summed E-state index contributed by atoms with van der Waals surface area (Å²) >= 11 is 0. The topological polar surface area (TPSA) is 94.0 Å². The van der Waals surface area contributed by atoms with Crippen LogP contribution in [0.2, 0.25) is 0 Å². The van der Waals surface area contributed by atoms with E-state index in [-0.39, 0.29) is 17.7 Å². The van der Waals surface area contributed by atoms with Crippen molar-refractivity contribution in [3.63, 3.8) is 0 Å². The number of anilines is 1. The minimum Gasteiger partial charge on any atom is -0.480 e. The first kappa shape index (κ1) is 12.6. The third-order valence-corrected chi connectivity index (χ3v) is 3.55. The van der Waals surface area contributed by atoms with Crippen molar-refractivity contribution in [1.29, 1.82) is 0 Å². The number of nitrogens with two attached hydrogens (primary N) is 1. The first-order valence-electron chi connectivity index (χ1n) is 6.26. The Labute approximate surface area is 114 Å². The summed E-state index contributed by atoms with van der Waals surface area (Å²) in [5, 5.41) is 13.2. The molecule has 0 fully saturated rings. The fourth-order valence-corrected chi connectivity index (χ4v) is 2.66. The number of benzene rings is 1. The zero-order valence-corrected chi connectivity index (χ0v) is 10.5. The molecule has 7 heteroatoms. The lowest BCUT2D eigenvalue weighted by Gasteiger charge is -2.26. The Balaban J connectivity index is 2.07. The number of carboxylic acids is 1. The van der Waals surface area contributed by atoms with E-state index in [1.54, 1.807) is 12.1 Å². The molecule has 1 aliphatic rings. The van der Waals surface area contributed by atoms with Gasteiger partial charge in [0, 0.05) is 5.92 Å². The second-order valence-corrected chi connectivity index (χ2v) is 4.81. The molecule has 0 radical (unpaired) electrons. The molecular weight excluding hydrogens is 263 g/mol. The van der Waals surface area contributed by atoms with Crippen LogP contribution in [0.25, 0.3) is 0 Å². The van der Waals surface area contributed by atoms with Crippen molar-refractivity contribution >= 4 is 11.9 Å². The van der Waals surface area contributed by atoms with Crippen molar-refractivity contribution in [3.8, 4) is 0 Å². The van der Waals surface area contributed by atoms with Crippen molar-refractivity contribution in [3.05, 3.63) is 41.5 Å². The summed E-state index contributed by atoms with van der Waals surface area (Å²) < 4.78 is 14.7. The van der Waals surface area contributed by atoms with Gasteiger partial charge in [-0.2, -0.15) is 4.98 Å². The van der Waals surface area contributed by atoms with Crippen LogP contribution in [-0.2, 0) is 4.79 Å². The molecule has 3 N–H and O–H groups in total. The molecule has 6 nitrogen and oxygen atoms in total. The number of hydrogen-bond acceptors (Lipinski definition) is 4. The minimum absolute atomic E-state index is 0.0366. The van der Waals surface area contributed by atoms with Gasteiger partial charge in [0.1, 0.15) is 11.6 Å². The molecule has 2 heterocycles. The first-order chi connectivity index (χ1) is 9.56. The number of halogens is 1. The number of carbonyl (C=O) groups is 1. The van der Waals surface area contributed by atoms with Gasteiger partial charge in [-0.05, 0) is 30.5 Å². The molecule has 0 amide bonds. The van der Waals surface area contributed by atoms with Gasteiger partial charge in [0.25, 0.3) is 0 Å². The Hall–Kier alpha value is -2.44. The average molecular weight is 276 g/mol. The van der Waals surface area contributed by atoms with E-state index < -0.39 is 12.0 Å². The highest BCUT2D eigenvalue weighted by Crippen LogP contribution is 2.37. The number of carboxylic acid groups (broad SMARTS) is 1. The summed E-state index contributed by atoms with van der Waals surface area (Å²) in [6.45, 7) is 0. The van der Waals surface area contributed by atoms with Gasteiger partial charge < -0.3 is 10.8 Å². The molecule has 1 aromatic heterocycles. The lowest BCUT2D eigenvalue weighted by atomic mass is 9.88. The first-order valence-corrected chi connectivity index (χ1v) is 6.26. The average Bonchev–Trinajstić information content (AvgIpc) is 2.78. The van der Waals surface area contributed by atoms with Gasteiger partial charge in [-0.25, -0.2) is 13.9 Å². The highest BCUT2D eigenvalue weighted by atomic mass is 19.1. The van der Waals surface area contributed by atoms with Crippen LogP contribution in [0, 0.1) is 5.82 Å². The Kier molecular flexibility index (Phi) is 2.89. The zero-order valence-electron chi connectivity index (χ0n) is 10.5. The molecule has 20 heavy (non-hydrogen) atoms. The van der Waals surface area contributed by atoms with Gasteiger partial charge in [0.05, 0.1) is 0 Å². The predicted molar refractivity (Wildman–Crippen MR) is 68.6 cm³/mol. The SMILES string of the molecule is Nc1nc2n(n1)C(C(=O)O)CCC2c1cccc(F)c1. The summed E-state index contributed by atoms with van der Waals surface area (Å²) in [6.07, 6.45) is 0.977. The molecular formula is C13H13FN4O2. The second kappa shape index (κ2) is 4.59. The predicted octanol–water partition coefficient (Wildman–Crippen LogP) is 1.55. The van der Waals surface area contributed by atoms with Crippen molar-refractivity contribution in [2.75, 3.05) is 5.73 Å². The van der Waals surface area contributed by atoms with Crippen LogP contribution in [0.5, 0.6) is 0 Å². The molecule has 1 aromatic carbocycles. The van der Waals surface area contributed by atoms with E-state index in [0.717, 1.165) is 5.56 Å². The molecule has 0 spiro atoms. The van der Waals surface area contributed by atoms with Gasteiger partial charge in [-0.3, -0.25) is 0 Å². The third kappa shape index (κ3) is 2.01. The van der Waals surface area contributed by atoms with Crippen LogP contribution in [0.3, 0.4) is 0 Å². The highest BCUT2D eigenvalue weighted by molar-refractivity contribution is 5.72. The Morgan fingerprint density at radius 1 is 1.45 bits per heavy atom. The van der Waals surface area contributed by atoms with E-state index in [4.69, 9.17) is 5.73 Å². The maximum atomic E-state index is 13.3. The Morgan fingerprint density at radius 2 is 2.25 bits per heavy atom. The molecule has 0 aliphatic carbocycles. The maximum absolute atomic E-state index is 13.3. The van der Waals surface area contributed by atoms with Crippen LogP contribution < -0.4 is 5.73 Å². The zero-order chi connectivity index (χ0) is 14.3. The van der Waals surface area contributed by atoms with Crippen molar-refractivity contribution in [2.45, 2.75) is 24.8 Å². The van der Waals surface area contributed by atoms with Crippen LogP contribution in [0.15, 0.2) is 24.3 Å². The van der Waals surface area contributed by atoms with Gasteiger partial charge in [-0.15, -0.1) is 5.10 Å². The largest absolute Gasteiger partial charge is 0.480 e. The number of fused-ring (bicyclic) bond motifs is 1. The monoisotopic (exact) mass is 276 g/mol. The van der Waals surface area contributed by atoms with E-state index in [9.17, 15) is 14.3 Å². The van der Waals surface area contributed by atoms with Crippen molar-refractivity contribution in [1.82, 2.24) is 14.8 Å². The number of hydrogen-bond donors (Lipinski definition) is 2. The Bertz CT molecular complexity index is 670. The quantitative estimate of drug-likeness (QED) is 0.867. The van der Waals surface area contributed by atoms with E-state index >= 15 is 0 Å². The van der Waals surface area contributed by atoms with Crippen molar-refractivity contribution < 1.29 is 14.3 Å². The molecule has 3 rings (SSSR count). The summed E-state index contributed by atoms with van der Waals surface area (Å²) in [6, 6.07) is 5.45. The number of nitrogens with zero attached hydrogens (tertiary/aromatic N) is 3. The second-order valence-electron chi connectivity index (χ2n) is 4.81.